The summed E-state index contributed by atoms with van der Waals surface area (Å²) in [5.74, 6) is 2.08. The Bertz CT molecular complexity index is 325. The zero-order valence-electron chi connectivity index (χ0n) is 9.01. The van der Waals surface area contributed by atoms with Crippen LogP contribution in [-0.4, -0.2) is 27.1 Å². The highest BCUT2D eigenvalue weighted by atomic mass is 32.2. The van der Waals surface area contributed by atoms with Crippen molar-refractivity contribution in [2.24, 2.45) is 0 Å². The first-order chi connectivity index (χ1) is 7.20. The monoisotopic (exact) mass is 228 g/mol. The number of nitrogens with zero attached hydrogens (tertiary/aromatic N) is 2. The van der Waals surface area contributed by atoms with E-state index in [0.29, 0.717) is 11.8 Å². The van der Waals surface area contributed by atoms with E-state index in [9.17, 15) is 0 Å². The van der Waals surface area contributed by atoms with Crippen molar-refractivity contribution >= 4 is 11.8 Å². The molecule has 1 fully saturated rings. The molecule has 1 aromatic rings. The molecule has 0 unspecified atom stereocenters. The Kier molecular flexibility index (Phi) is 3.31. The summed E-state index contributed by atoms with van der Waals surface area (Å²) in [6.45, 7) is 4.19. The van der Waals surface area contributed by atoms with Crippen molar-refractivity contribution in [3.05, 3.63) is 11.7 Å². The molecule has 0 aliphatic heterocycles. The largest absolute Gasteiger partial charge is 0.395 e. The SMILES string of the molecule is C[C@H](CO)S[C@@H](C)c1nc(C2CC2)no1. The molecule has 1 aliphatic rings. The van der Waals surface area contributed by atoms with Gasteiger partial charge in [0.05, 0.1) is 11.9 Å². The molecule has 1 aromatic heterocycles. The van der Waals surface area contributed by atoms with Gasteiger partial charge in [-0.2, -0.15) is 4.98 Å². The van der Waals surface area contributed by atoms with Crippen LogP contribution < -0.4 is 0 Å². The Labute approximate surface area is 93.4 Å². The number of hydrogen-bond donors (Lipinski definition) is 1. The van der Waals surface area contributed by atoms with Crippen molar-refractivity contribution in [2.75, 3.05) is 6.61 Å². The third-order valence-electron chi connectivity index (χ3n) is 2.44. The summed E-state index contributed by atoms with van der Waals surface area (Å²) in [6.07, 6.45) is 2.38. The van der Waals surface area contributed by atoms with Gasteiger partial charge in [0, 0.05) is 11.2 Å². The number of rotatable bonds is 5. The van der Waals surface area contributed by atoms with Crippen LogP contribution in [0.5, 0.6) is 0 Å². The number of thioether (sulfide) groups is 1. The summed E-state index contributed by atoms with van der Waals surface area (Å²) in [6, 6.07) is 0. The van der Waals surface area contributed by atoms with Crippen LogP contribution >= 0.6 is 11.8 Å². The van der Waals surface area contributed by atoms with Crippen LogP contribution in [0.25, 0.3) is 0 Å². The van der Waals surface area contributed by atoms with Gasteiger partial charge in [-0.3, -0.25) is 0 Å². The summed E-state index contributed by atoms with van der Waals surface area (Å²) in [4.78, 5) is 4.38. The molecule has 15 heavy (non-hydrogen) atoms. The Morgan fingerprint density at radius 1 is 1.53 bits per heavy atom. The molecule has 4 nitrogen and oxygen atoms in total. The summed E-state index contributed by atoms with van der Waals surface area (Å²) >= 11 is 1.65. The molecule has 0 bridgehead atoms. The van der Waals surface area contributed by atoms with E-state index < -0.39 is 0 Å². The summed E-state index contributed by atoms with van der Waals surface area (Å²) in [5.41, 5.74) is 0. The van der Waals surface area contributed by atoms with Crippen LogP contribution in [0.1, 0.15) is 49.6 Å². The zero-order valence-corrected chi connectivity index (χ0v) is 9.83. The predicted octanol–water partition coefficient (Wildman–Crippen LogP) is 2.12. The lowest BCUT2D eigenvalue weighted by Gasteiger charge is -2.10. The Balaban J connectivity index is 1.95. The quantitative estimate of drug-likeness (QED) is 0.836. The lowest BCUT2D eigenvalue weighted by molar-refractivity contribution is 0.299. The van der Waals surface area contributed by atoms with Crippen molar-refractivity contribution in [1.82, 2.24) is 10.1 Å². The first kappa shape index (κ1) is 11.0. The lowest BCUT2D eigenvalue weighted by Crippen LogP contribution is -2.05. The topological polar surface area (TPSA) is 59.2 Å². The fraction of sp³-hybridized carbons (Fsp3) is 0.800. The molecule has 1 aliphatic carbocycles. The van der Waals surface area contributed by atoms with Gasteiger partial charge in [0.2, 0.25) is 5.89 Å². The van der Waals surface area contributed by atoms with Gasteiger partial charge in [-0.25, -0.2) is 0 Å². The third-order valence-corrected chi connectivity index (χ3v) is 3.66. The van der Waals surface area contributed by atoms with E-state index in [1.165, 1.54) is 12.8 Å². The molecule has 2 rings (SSSR count). The van der Waals surface area contributed by atoms with E-state index in [1.807, 2.05) is 13.8 Å². The summed E-state index contributed by atoms with van der Waals surface area (Å²) in [7, 11) is 0. The highest BCUT2D eigenvalue weighted by Crippen LogP contribution is 2.39. The van der Waals surface area contributed by atoms with Crippen molar-refractivity contribution in [3.8, 4) is 0 Å². The van der Waals surface area contributed by atoms with Gasteiger partial charge in [0.1, 0.15) is 0 Å². The Morgan fingerprint density at radius 2 is 2.27 bits per heavy atom. The molecule has 84 valence electrons. The van der Waals surface area contributed by atoms with E-state index in [2.05, 4.69) is 10.1 Å². The van der Waals surface area contributed by atoms with Crippen LogP contribution in [0.15, 0.2) is 4.52 Å². The summed E-state index contributed by atoms with van der Waals surface area (Å²) in [5, 5.41) is 13.3. The van der Waals surface area contributed by atoms with Crippen LogP contribution in [-0.2, 0) is 0 Å². The maximum absolute atomic E-state index is 8.95. The standard InChI is InChI=1S/C10H16N2O2S/c1-6(5-13)15-7(2)10-11-9(12-14-10)8-3-4-8/h6-8,13H,3-5H2,1-2H3/t6-,7+/m1/s1. The van der Waals surface area contributed by atoms with Gasteiger partial charge in [-0.15, -0.1) is 11.8 Å². The maximum atomic E-state index is 8.95. The molecule has 5 heteroatoms. The Morgan fingerprint density at radius 3 is 2.87 bits per heavy atom. The van der Waals surface area contributed by atoms with Crippen LogP contribution in [0.4, 0.5) is 0 Å². The molecule has 0 radical (unpaired) electrons. The molecule has 2 atom stereocenters. The first-order valence-corrected chi connectivity index (χ1v) is 6.24. The van der Waals surface area contributed by atoms with E-state index in [-0.39, 0.29) is 17.1 Å². The molecule has 1 heterocycles. The number of aromatic nitrogens is 2. The first-order valence-electron chi connectivity index (χ1n) is 5.30. The maximum Gasteiger partial charge on any atom is 0.239 e. The second kappa shape index (κ2) is 4.53. The van der Waals surface area contributed by atoms with E-state index >= 15 is 0 Å². The molecule has 1 N–H and O–H groups in total. The molecular formula is C10H16N2O2S. The van der Waals surface area contributed by atoms with Gasteiger partial charge in [0.15, 0.2) is 5.82 Å². The fourth-order valence-electron chi connectivity index (χ4n) is 1.37. The van der Waals surface area contributed by atoms with Crippen LogP contribution in [0.3, 0.4) is 0 Å². The van der Waals surface area contributed by atoms with Crippen molar-refractivity contribution in [2.45, 2.75) is 43.1 Å². The molecule has 1 saturated carbocycles. The van der Waals surface area contributed by atoms with E-state index in [0.717, 1.165) is 5.82 Å². The number of aliphatic hydroxyl groups excluding tert-OH is 1. The lowest BCUT2D eigenvalue weighted by atomic mass is 10.4. The third kappa shape index (κ3) is 2.72. The Hall–Kier alpha value is -0.550. The second-order valence-corrected chi connectivity index (χ2v) is 5.82. The van der Waals surface area contributed by atoms with E-state index in [4.69, 9.17) is 9.63 Å². The van der Waals surface area contributed by atoms with Gasteiger partial charge in [-0.05, 0) is 19.8 Å². The van der Waals surface area contributed by atoms with Gasteiger partial charge in [-0.1, -0.05) is 12.1 Å². The van der Waals surface area contributed by atoms with Crippen molar-refractivity contribution in [1.29, 1.82) is 0 Å². The van der Waals surface area contributed by atoms with Crippen LogP contribution in [0, 0.1) is 0 Å². The van der Waals surface area contributed by atoms with Crippen molar-refractivity contribution < 1.29 is 9.63 Å². The minimum absolute atomic E-state index is 0.159. The van der Waals surface area contributed by atoms with Gasteiger partial charge < -0.3 is 9.63 Å². The van der Waals surface area contributed by atoms with Crippen LogP contribution in [0.2, 0.25) is 0 Å². The zero-order chi connectivity index (χ0) is 10.8. The highest BCUT2D eigenvalue weighted by molar-refractivity contribution is 8.00. The normalized spacial score (nSPS) is 20.2. The molecule has 0 amide bonds. The number of aliphatic hydroxyl groups is 1. The van der Waals surface area contributed by atoms with Gasteiger partial charge >= 0.3 is 0 Å². The average molecular weight is 228 g/mol. The second-order valence-electron chi connectivity index (χ2n) is 4.04. The molecule has 0 saturated heterocycles. The number of hydrogen-bond acceptors (Lipinski definition) is 5. The fourth-order valence-corrected chi connectivity index (χ4v) is 2.36. The van der Waals surface area contributed by atoms with E-state index in [1.54, 1.807) is 11.8 Å². The minimum Gasteiger partial charge on any atom is -0.395 e. The smallest absolute Gasteiger partial charge is 0.239 e. The average Bonchev–Trinajstić information content (AvgIpc) is 2.96. The predicted molar refractivity (Wildman–Crippen MR) is 58.8 cm³/mol. The molecule has 0 spiro atoms. The minimum atomic E-state index is 0.159. The molecule has 0 aromatic carbocycles. The molecular weight excluding hydrogens is 212 g/mol. The van der Waals surface area contributed by atoms with Crippen molar-refractivity contribution in [3.63, 3.8) is 0 Å². The summed E-state index contributed by atoms with van der Waals surface area (Å²) < 4.78 is 5.21. The highest BCUT2D eigenvalue weighted by Gasteiger charge is 2.29. The van der Waals surface area contributed by atoms with Gasteiger partial charge in [0.25, 0.3) is 0 Å².